The monoisotopic (exact) mass is 463 g/mol. The summed E-state index contributed by atoms with van der Waals surface area (Å²) in [5.41, 5.74) is 1.73. The number of carbonyl (C=O) groups is 3. The van der Waals surface area contributed by atoms with E-state index < -0.39 is 5.54 Å². The Bertz CT molecular complexity index is 1010. The van der Waals surface area contributed by atoms with Crippen LogP contribution in [-0.2, 0) is 27.3 Å². The molecule has 2 fully saturated rings. The second-order valence-electron chi connectivity index (χ2n) is 9.42. The van der Waals surface area contributed by atoms with E-state index in [0.717, 1.165) is 23.3 Å². The average Bonchev–Trinajstić information content (AvgIpc) is 3.43. The lowest BCUT2D eigenvalue weighted by molar-refractivity contribution is -0.133. The van der Waals surface area contributed by atoms with Crippen LogP contribution in [0.25, 0.3) is 0 Å². The lowest BCUT2D eigenvalue weighted by Gasteiger charge is -2.31. The molecule has 3 amide bonds. The smallest absolute Gasteiger partial charge is 0.223 e. The van der Waals surface area contributed by atoms with E-state index >= 15 is 0 Å². The van der Waals surface area contributed by atoms with Gasteiger partial charge in [0.15, 0.2) is 0 Å². The molecule has 2 heterocycles. The largest absolute Gasteiger partial charge is 0.497 e. The maximum absolute atomic E-state index is 13.4. The number of nitrogens with one attached hydrogen (secondary N) is 2. The van der Waals surface area contributed by atoms with Crippen molar-refractivity contribution in [3.63, 3.8) is 0 Å². The van der Waals surface area contributed by atoms with Crippen LogP contribution < -0.4 is 15.4 Å². The molecule has 2 saturated heterocycles. The molecule has 0 spiro atoms. The van der Waals surface area contributed by atoms with E-state index in [4.69, 9.17) is 4.74 Å². The Kier molecular flexibility index (Phi) is 7.50. The Morgan fingerprint density at radius 2 is 1.79 bits per heavy atom. The number of hydrogen-bond acceptors (Lipinski definition) is 4. The highest BCUT2D eigenvalue weighted by Gasteiger charge is 2.38. The van der Waals surface area contributed by atoms with Crippen molar-refractivity contribution in [2.45, 2.75) is 63.1 Å². The molecule has 0 aromatic heterocycles. The van der Waals surface area contributed by atoms with Crippen molar-refractivity contribution in [1.29, 1.82) is 0 Å². The van der Waals surface area contributed by atoms with Crippen molar-refractivity contribution in [2.24, 2.45) is 0 Å². The zero-order valence-electron chi connectivity index (χ0n) is 19.7. The molecular formula is C27H33N3O4. The molecule has 2 aliphatic rings. The molecule has 2 aromatic rings. The van der Waals surface area contributed by atoms with E-state index in [1.54, 1.807) is 7.11 Å². The van der Waals surface area contributed by atoms with Crippen LogP contribution in [-0.4, -0.2) is 47.9 Å². The first kappa shape index (κ1) is 23.8. The zero-order chi connectivity index (χ0) is 24.0. The summed E-state index contributed by atoms with van der Waals surface area (Å²) in [4.78, 5) is 39.1. The normalized spacial score (nSPS) is 21.7. The van der Waals surface area contributed by atoms with Gasteiger partial charge in [0.25, 0.3) is 0 Å². The van der Waals surface area contributed by atoms with Crippen LogP contribution in [0.1, 0.15) is 49.7 Å². The molecule has 1 unspecified atom stereocenters. The molecule has 0 bridgehead atoms. The number of carbonyl (C=O) groups excluding carboxylic acids is 3. The van der Waals surface area contributed by atoms with Gasteiger partial charge in [0.2, 0.25) is 17.7 Å². The Labute approximate surface area is 200 Å². The van der Waals surface area contributed by atoms with Gasteiger partial charge in [0, 0.05) is 43.9 Å². The summed E-state index contributed by atoms with van der Waals surface area (Å²) >= 11 is 0. The Hall–Kier alpha value is -3.35. The Morgan fingerprint density at radius 1 is 1.03 bits per heavy atom. The first-order chi connectivity index (χ1) is 16.4. The number of nitrogens with zero attached hydrogens (tertiary/aromatic N) is 1. The van der Waals surface area contributed by atoms with Gasteiger partial charge in [0.05, 0.1) is 7.11 Å². The molecule has 2 atom stereocenters. The zero-order valence-corrected chi connectivity index (χ0v) is 19.7. The summed E-state index contributed by atoms with van der Waals surface area (Å²) < 4.78 is 5.25. The number of methoxy groups -OCH3 is 1. The van der Waals surface area contributed by atoms with Crippen molar-refractivity contribution in [1.82, 2.24) is 15.5 Å². The molecule has 34 heavy (non-hydrogen) atoms. The highest BCUT2D eigenvalue weighted by Crippen LogP contribution is 2.30. The van der Waals surface area contributed by atoms with E-state index in [0.29, 0.717) is 51.6 Å². The fourth-order valence-electron chi connectivity index (χ4n) is 4.96. The Balaban J connectivity index is 1.44. The van der Waals surface area contributed by atoms with Crippen LogP contribution in [0.3, 0.4) is 0 Å². The summed E-state index contributed by atoms with van der Waals surface area (Å²) in [6.07, 6.45) is 4.03. The predicted molar refractivity (Wildman–Crippen MR) is 129 cm³/mol. The van der Waals surface area contributed by atoms with Crippen LogP contribution in [0.5, 0.6) is 5.75 Å². The molecule has 7 nitrogen and oxygen atoms in total. The molecule has 2 N–H and O–H groups in total. The van der Waals surface area contributed by atoms with Crippen LogP contribution in [0, 0.1) is 0 Å². The third-order valence-corrected chi connectivity index (χ3v) is 6.85. The Morgan fingerprint density at radius 3 is 2.41 bits per heavy atom. The summed E-state index contributed by atoms with van der Waals surface area (Å²) in [6.45, 7) is 1.00. The maximum atomic E-state index is 13.4. The quantitative estimate of drug-likeness (QED) is 0.567. The van der Waals surface area contributed by atoms with E-state index in [2.05, 4.69) is 10.6 Å². The molecular weight excluding hydrogens is 430 g/mol. The van der Waals surface area contributed by atoms with E-state index in [1.165, 1.54) is 0 Å². The molecule has 0 saturated carbocycles. The van der Waals surface area contributed by atoms with Gasteiger partial charge in [-0.2, -0.15) is 0 Å². The molecule has 2 aliphatic heterocycles. The number of ether oxygens (including phenoxy) is 1. The third-order valence-electron chi connectivity index (χ3n) is 6.85. The minimum atomic E-state index is -0.429. The average molecular weight is 464 g/mol. The maximum Gasteiger partial charge on any atom is 0.223 e. The van der Waals surface area contributed by atoms with Gasteiger partial charge >= 0.3 is 0 Å². The minimum absolute atomic E-state index is 0.0143. The molecule has 2 aromatic carbocycles. The summed E-state index contributed by atoms with van der Waals surface area (Å²) in [5, 5.41) is 6.15. The molecule has 4 rings (SSSR count). The van der Waals surface area contributed by atoms with Gasteiger partial charge in [-0.05, 0) is 48.9 Å². The molecule has 180 valence electrons. The van der Waals surface area contributed by atoms with E-state index in [-0.39, 0.29) is 23.8 Å². The van der Waals surface area contributed by atoms with Crippen LogP contribution >= 0.6 is 0 Å². The second kappa shape index (κ2) is 10.7. The van der Waals surface area contributed by atoms with Crippen molar-refractivity contribution in [2.75, 3.05) is 13.7 Å². The third kappa shape index (κ3) is 6.16. The summed E-state index contributed by atoms with van der Waals surface area (Å²) in [6, 6.07) is 17.8. The summed E-state index contributed by atoms with van der Waals surface area (Å²) in [5.74, 6) is 0.916. The highest BCUT2D eigenvalue weighted by molar-refractivity contribution is 5.81. The van der Waals surface area contributed by atoms with Gasteiger partial charge in [-0.1, -0.05) is 42.5 Å². The van der Waals surface area contributed by atoms with Crippen LogP contribution in [0.2, 0.25) is 0 Å². The number of benzene rings is 2. The van der Waals surface area contributed by atoms with Crippen LogP contribution in [0.4, 0.5) is 0 Å². The van der Waals surface area contributed by atoms with E-state index in [1.807, 2.05) is 59.5 Å². The number of amides is 3. The first-order valence-electron chi connectivity index (χ1n) is 12.0. The standard InChI is InChI=1S/C27H33N3O4/c1-34-23-10-7-20(8-11-23)17-27(15-13-25(32)29-27)16-14-26(33)30(18-21-5-3-2-4-6-21)19-22-9-12-24(31)28-22/h2-8,10-11,22H,9,12-19H2,1H3,(H,28,31)(H,29,32)/t22-,27?/m0/s1. The number of rotatable bonds is 10. The fourth-order valence-corrected chi connectivity index (χ4v) is 4.96. The molecule has 0 aliphatic carbocycles. The van der Waals surface area contributed by atoms with Gasteiger partial charge in [0.1, 0.15) is 5.75 Å². The van der Waals surface area contributed by atoms with Gasteiger partial charge < -0.3 is 20.3 Å². The van der Waals surface area contributed by atoms with Crippen molar-refractivity contribution >= 4 is 17.7 Å². The van der Waals surface area contributed by atoms with Crippen molar-refractivity contribution in [3.8, 4) is 5.75 Å². The van der Waals surface area contributed by atoms with Crippen molar-refractivity contribution < 1.29 is 19.1 Å². The van der Waals surface area contributed by atoms with Gasteiger partial charge in [-0.3, -0.25) is 14.4 Å². The van der Waals surface area contributed by atoms with Gasteiger partial charge in [-0.15, -0.1) is 0 Å². The van der Waals surface area contributed by atoms with Gasteiger partial charge in [-0.25, -0.2) is 0 Å². The first-order valence-corrected chi connectivity index (χ1v) is 12.0. The topological polar surface area (TPSA) is 87.7 Å². The number of hydrogen-bond donors (Lipinski definition) is 2. The lowest BCUT2D eigenvalue weighted by Crippen LogP contribution is -2.46. The van der Waals surface area contributed by atoms with Crippen LogP contribution in [0.15, 0.2) is 54.6 Å². The van der Waals surface area contributed by atoms with Crippen molar-refractivity contribution in [3.05, 3.63) is 65.7 Å². The molecule has 7 heteroatoms. The predicted octanol–water partition coefficient (Wildman–Crippen LogP) is 2.97. The second-order valence-corrected chi connectivity index (χ2v) is 9.42. The lowest BCUT2D eigenvalue weighted by atomic mass is 9.84. The summed E-state index contributed by atoms with van der Waals surface area (Å²) in [7, 11) is 1.64. The highest BCUT2D eigenvalue weighted by atomic mass is 16.5. The molecule has 0 radical (unpaired) electrons. The minimum Gasteiger partial charge on any atom is -0.497 e. The van der Waals surface area contributed by atoms with E-state index in [9.17, 15) is 14.4 Å². The fraction of sp³-hybridized carbons (Fsp3) is 0.444. The SMILES string of the molecule is COc1ccc(CC2(CCC(=O)N(Cc3ccccc3)C[C@@H]3CCC(=O)N3)CCC(=O)N2)cc1.